The van der Waals surface area contributed by atoms with Crippen molar-refractivity contribution in [2.24, 2.45) is 0 Å². The van der Waals surface area contributed by atoms with E-state index in [1.807, 2.05) is 36.9 Å². The smallest absolute Gasteiger partial charge is 0.123 e. The Morgan fingerprint density at radius 1 is 1.40 bits per heavy atom. The Balaban J connectivity index is 2.33. The molecule has 0 N–H and O–H groups in total. The highest BCUT2D eigenvalue weighted by molar-refractivity contribution is 7.99. The molecule has 0 heterocycles. The van der Waals surface area contributed by atoms with Gasteiger partial charge in [0, 0.05) is 5.02 Å². The number of hydrogen-bond acceptors (Lipinski definition) is 2. The topological polar surface area (TPSA) is 9.23 Å². The fraction of sp³-hybridized carbons (Fsp3) is 0.500. The Morgan fingerprint density at radius 2 is 2.20 bits per heavy atom. The van der Waals surface area contributed by atoms with Crippen molar-refractivity contribution in [2.75, 3.05) is 18.1 Å². The molecule has 3 heteroatoms. The van der Waals surface area contributed by atoms with E-state index >= 15 is 0 Å². The Labute approximate surface area is 101 Å². The molecule has 0 aliphatic heterocycles. The van der Waals surface area contributed by atoms with E-state index in [1.54, 1.807) is 0 Å². The number of hydrogen-bond donors (Lipinski definition) is 0. The molecule has 84 valence electrons. The van der Waals surface area contributed by atoms with Gasteiger partial charge in [-0.1, -0.05) is 24.6 Å². The Hall–Kier alpha value is -0.340. The van der Waals surface area contributed by atoms with Crippen LogP contribution in [0.2, 0.25) is 5.02 Å². The first-order chi connectivity index (χ1) is 7.24. The molecule has 1 aromatic rings. The van der Waals surface area contributed by atoms with Gasteiger partial charge in [-0.15, -0.1) is 0 Å². The second kappa shape index (κ2) is 7.02. The van der Waals surface area contributed by atoms with Crippen LogP contribution < -0.4 is 4.74 Å². The van der Waals surface area contributed by atoms with E-state index < -0.39 is 0 Å². The molecule has 0 fully saturated rings. The summed E-state index contributed by atoms with van der Waals surface area (Å²) < 4.78 is 5.67. The first-order valence-electron chi connectivity index (χ1n) is 5.20. The van der Waals surface area contributed by atoms with Crippen LogP contribution in [0.5, 0.6) is 5.75 Å². The quantitative estimate of drug-likeness (QED) is 0.695. The molecule has 0 saturated heterocycles. The van der Waals surface area contributed by atoms with Gasteiger partial charge in [-0.3, -0.25) is 0 Å². The molecule has 0 radical (unpaired) electrons. The van der Waals surface area contributed by atoms with Crippen LogP contribution in [0.1, 0.15) is 18.9 Å². The molecule has 0 spiro atoms. The molecule has 0 bridgehead atoms. The maximum atomic E-state index is 5.90. The van der Waals surface area contributed by atoms with E-state index in [4.69, 9.17) is 16.3 Å². The van der Waals surface area contributed by atoms with Gasteiger partial charge in [0.2, 0.25) is 0 Å². The van der Waals surface area contributed by atoms with Crippen molar-refractivity contribution in [3.63, 3.8) is 0 Å². The fourth-order valence-corrected chi connectivity index (χ4v) is 1.99. The standard InChI is InChI=1S/C12H17ClOS/c1-3-15-8-4-7-14-12-9-11(13)6-5-10(12)2/h5-6,9H,3-4,7-8H2,1-2H3. The fourth-order valence-electron chi connectivity index (χ4n) is 1.22. The highest BCUT2D eigenvalue weighted by Crippen LogP contribution is 2.22. The third-order valence-corrected chi connectivity index (χ3v) is 3.27. The zero-order valence-electron chi connectivity index (χ0n) is 9.25. The Kier molecular flexibility index (Phi) is 5.96. The highest BCUT2D eigenvalue weighted by atomic mass is 35.5. The minimum absolute atomic E-state index is 0.735. The van der Waals surface area contributed by atoms with Crippen molar-refractivity contribution in [3.8, 4) is 5.75 Å². The van der Waals surface area contributed by atoms with Crippen molar-refractivity contribution in [3.05, 3.63) is 28.8 Å². The molecule has 0 atom stereocenters. The van der Waals surface area contributed by atoms with Crippen LogP contribution in [-0.4, -0.2) is 18.1 Å². The molecule has 0 amide bonds. The number of ether oxygens (including phenoxy) is 1. The minimum Gasteiger partial charge on any atom is -0.493 e. The maximum Gasteiger partial charge on any atom is 0.123 e. The molecule has 0 aliphatic rings. The summed E-state index contributed by atoms with van der Waals surface area (Å²) >= 11 is 7.84. The summed E-state index contributed by atoms with van der Waals surface area (Å²) in [6.07, 6.45) is 1.09. The lowest BCUT2D eigenvalue weighted by Crippen LogP contribution is -2.00. The predicted octanol–water partition coefficient (Wildman–Crippen LogP) is 4.17. The number of thioether (sulfide) groups is 1. The van der Waals surface area contributed by atoms with Gasteiger partial charge in [-0.25, -0.2) is 0 Å². The Morgan fingerprint density at radius 3 is 2.93 bits per heavy atom. The average molecular weight is 245 g/mol. The van der Waals surface area contributed by atoms with Gasteiger partial charge in [0.05, 0.1) is 6.61 Å². The lowest BCUT2D eigenvalue weighted by Gasteiger charge is -2.08. The summed E-state index contributed by atoms with van der Waals surface area (Å²) in [7, 11) is 0. The van der Waals surface area contributed by atoms with Crippen LogP contribution >= 0.6 is 23.4 Å². The third-order valence-electron chi connectivity index (χ3n) is 2.04. The van der Waals surface area contributed by atoms with E-state index in [0.29, 0.717) is 0 Å². The van der Waals surface area contributed by atoms with Gasteiger partial charge in [0.15, 0.2) is 0 Å². The monoisotopic (exact) mass is 244 g/mol. The molecule has 1 rings (SSSR count). The largest absolute Gasteiger partial charge is 0.493 e. The third kappa shape index (κ3) is 4.80. The summed E-state index contributed by atoms with van der Waals surface area (Å²) in [5, 5.41) is 0.735. The summed E-state index contributed by atoms with van der Waals surface area (Å²) in [6, 6.07) is 5.75. The molecular formula is C12H17ClOS. The molecule has 0 aliphatic carbocycles. The number of aryl methyl sites for hydroxylation is 1. The van der Waals surface area contributed by atoms with Crippen LogP contribution in [0.15, 0.2) is 18.2 Å². The lowest BCUT2D eigenvalue weighted by atomic mass is 10.2. The number of halogens is 1. The van der Waals surface area contributed by atoms with E-state index in [2.05, 4.69) is 6.92 Å². The van der Waals surface area contributed by atoms with Crippen LogP contribution in [0.4, 0.5) is 0 Å². The van der Waals surface area contributed by atoms with Crippen LogP contribution in [-0.2, 0) is 0 Å². The number of benzene rings is 1. The molecule has 15 heavy (non-hydrogen) atoms. The molecule has 0 aromatic heterocycles. The summed E-state index contributed by atoms with van der Waals surface area (Å²) in [6.45, 7) is 4.98. The first kappa shape index (κ1) is 12.7. The normalized spacial score (nSPS) is 10.3. The second-order valence-corrected chi connectivity index (χ2v) is 5.14. The maximum absolute atomic E-state index is 5.90. The van der Waals surface area contributed by atoms with Crippen molar-refractivity contribution >= 4 is 23.4 Å². The van der Waals surface area contributed by atoms with Crippen molar-refractivity contribution < 1.29 is 4.74 Å². The minimum atomic E-state index is 0.735. The summed E-state index contributed by atoms with van der Waals surface area (Å²) in [5.41, 5.74) is 1.14. The van der Waals surface area contributed by atoms with E-state index in [-0.39, 0.29) is 0 Å². The van der Waals surface area contributed by atoms with E-state index in [9.17, 15) is 0 Å². The Bertz CT molecular complexity index is 302. The molecular weight excluding hydrogens is 228 g/mol. The van der Waals surface area contributed by atoms with Crippen LogP contribution in [0.3, 0.4) is 0 Å². The van der Waals surface area contributed by atoms with Gasteiger partial charge in [0.25, 0.3) is 0 Å². The highest BCUT2D eigenvalue weighted by Gasteiger charge is 2.00. The van der Waals surface area contributed by atoms with Gasteiger partial charge in [-0.2, -0.15) is 11.8 Å². The average Bonchev–Trinajstić information content (AvgIpc) is 2.23. The summed E-state index contributed by atoms with van der Waals surface area (Å²) in [4.78, 5) is 0. The predicted molar refractivity (Wildman–Crippen MR) is 69.3 cm³/mol. The summed E-state index contributed by atoms with van der Waals surface area (Å²) in [5.74, 6) is 3.25. The molecule has 1 nitrogen and oxygen atoms in total. The first-order valence-corrected chi connectivity index (χ1v) is 6.74. The zero-order valence-corrected chi connectivity index (χ0v) is 10.8. The van der Waals surface area contributed by atoms with Gasteiger partial charge in [-0.05, 0) is 42.5 Å². The number of rotatable bonds is 6. The molecule has 1 aromatic carbocycles. The van der Waals surface area contributed by atoms with Crippen LogP contribution in [0, 0.1) is 6.92 Å². The SMILES string of the molecule is CCSCCCOc1cc(Cl)ccc1C. The van der Waals surface area contributed by atoms with Crippen molar-refractivity contribution in [1.29, 1.82) is 0 Å². The van der Waals surface area contributed by atoms with Crippen LogP contribution in [0.25, 0.3) is 0 Å². The lowest BCUT2D eigenvalue weighted by molar-refractivity contribution is 0.316. The van der Waals surface area contributed by atoms with Gasteiger partial charge >= 0.3 is 0 Å². The van der Waals surface area contributed by atoms with Gasteiger partial charge in [0.1, 0.15) is 5.75 Å². The van der Waals surface area contributed by atoms with E-state index in [1.165, 1.54) is 5.75 Å². The second-order valence-electron chi connectivity index (χ2n) is 3.31. The molecule has 0 saturated carbocycles. The zero-order chi connectivity index (χ0) is 11.1. The van der Waals surface area contributed by atoms with Gasteiger partial charge < -0.3 is 4.74 Å². The molecule has 0 unspecified atom stereocenters. The van der Waals surface area contributed by atoms with Crippen molar-refractivity contribution in [1.82, 2.24) is 0 Å². The van der Waals surface area contributed by atoms with E-state index in [0.717, 1.165) is 35.1 Å². The van der Waals surface area contributed by atoms with Crippen molar-refractivity contribution in [2.45, 2.75) is 20.3 Å².